The van der Waals surface area contributed by atoms with Gasteiger partial charge >= 0.3 is 0 Å². The molecule has 0 unspecified atom stereocenters. The van der Waals surface area contributed by atoms with Crippen molar-refractivity contribution in [2.75, 3.05) is 36.4 Å². The molecule has 0 saturated carbocycles. The highest BCUT2D eigenvalue weighted by Crippen LogP contribution is 2.20. The minimum atomic E-state index is -0.214. The fraction of sp³-hybridized carbons (Fsp3) is 0.238. The molecule has 1 aliphatic heterocycles. The van der Waals surface area contributed by atoms with E-state index >= 15 is 0 Å². The molecule has 0 spiro atoms. The number of pyridine rings is 2. The van der Waals surface area contributed by atoms with Gasteiger partial charge in [-0.3, -0.25) is 9.59 Å². The number of carbonyl (C=O) groups is 2. The third-order valence-corrected chi connectivity index (χ3v) is 4.79. The molecule has 1 N–H and O–H groups in total. The highest BCUT2D eigenvalue weighted by atomic mass is 16.2. The van der Waals surface area contributed by atoms with E-state index in [4.69, 9.17) is 4.98 Å². The Hall–Kier alpha value is -3.48. The summed E-state index contributed by atoms with van der Waals surface area (Å²) in [7, 11) is 0. The number of carbonyl (C=O) groups excluding carboxylic acids is 2. The molecule has 1 aromatic carbocycles. The molecule has 7 heteroatoms. The molecule has 3 aromatic rings. The van der Waals surface area contributed by atoms with E-state index in [1.807, 2.05) is 35.2 Å². The highest BCUT2D eigenvalue weighted by molar-refractivity contribution is 5.96. The third kappa shape index (κ3) is 3.78. The summed E-state index contributed by atoms with van der Waals surface area (Å²) in [5, 5.41) is 3.73. The molecule has 1 aliphatic rings. The standard InChI is InChI=1S/C21H21N5O2/c1-15(27)23-19-14-17(8-9-22-19)21(28)26-12-10-25(11-13-26)20-7-6-16-4-2-3-5-18(16)24-20/h2-9,14H,10-13H2,1H3,(H,22,23,27). The van der Waals surface area contributed by atoms with E-state index in [2.05, 4.69) is 21.3 Å². The Morgan fingerprint density at radius 2 is 1.79 bits per heavy atom. The van der Waals surface area contributed by atoms with Gasteiger partial charge in [0, 0.05) is 50.2 Å². The van der Waals surface area contributed by atoms with Crippen LogP contribution in [0.1, 0.15) is 17.3 Å². The van der Waals surface area contributed by atoms with Crippen molar-refractivity contribution in [3.63, 3.8) is 0 Å². The van der Waals surface area contributed by atoms with Crippen molar-refractivity contribution < 1.29 is 9.59 Å². The Labute approximate surface area is 163 Å². The predicted octanol–water partition coefficient (Wildman–Crippen LogP) is 2.55. The third-order valence-electron chi connectivity index (χ3n) is 4.79. The molecule has 1 fully saturated rings. The number of rotatable bonds is 3. The molecule has 7 nitrogen and oxygen atoms in total. The van der Waals surface area contributed by atoms with Gasteiger partial charge < -0.3 is 15.1 Å². The molecule has 0 radical (unpaired) electrons. The van der Waals surface area contributed by atoms with Gasteiger partial charge in [0.2, 0.25) is 5.91 Å². The van der Waals surface area contributed by atoms with Gasteiger partial charge in [0.15, 0.2) is 0 Å². The van der Waals surface area contributed by atoms with E-state index in [1.165, 1.54) is 13.1 Å². The monoisotopic (exact) mass is 375 g/mol. The number of hydrogen-bond donors (Lipinski definition) is 1. The van der Waals surface area contributed by atoms with Crippen LogP contribution in [0.2, 0.25) is 0 Å². The van der Waals surface area contributed by atoms with E-state index in [1.54, 1.807) is 12.1 Å². The first kappa shape index (κ1) is 17.9. The van der Waals surface area contributed by atoms with E-state index in [9.17, 15) is 9.59 Å². The lowest BCUT2D eigenvalue weighted by molar-refractivity contribution is -0.114. The fourth-order valence-electron chi connectivity index (χ4n) is 3.36. The molecular formula is C21H21N5O2. The molecule has 3 heterocycles. The number of fused-ring (bicyclic) bond motifs is 1. The Morgan fingerprint density at radius 1 is 1.00 bits per heavy atom. The number of hydrogen-bond acceptors (Lipinski definition) is 5. The Morgan fingerprint density at radius 3 is 2.57 bits per heavy atom. The summed E-state index contributed by atoms with van der Waals surface area (Å²) < 4.78 is 0. The van der Waals surface area contributed by atoms with Crippen molar-refractivity contribution in [2.24, 2.45) is 0 Å². The van der Waals surface area contributed by atoms with E-state index < -0.39 is 0 Å². The number of anilines is 2. The van der Waals surface area contributed by atoms with Crippen molar-refractivity contribution in [1.29, 1.82) is 0 Å². The maximum Gasteiger partial charge on any atom is 0.254 e. The van der Waals surface area contributed by atoms with Crippen molar-refractivity contribution in [3.05, 3.63) is 60.3 Å². The zero-order chi connectivity index (χ0) is 19.5. The van der Waals surface area contributed by atoms with E-state index in [0.29, 0.717) is 24.5 Å². The Kier molecular flexibility index (Phi) is 4.89. The fourth-order valence-corrected chi connectivity index (χ4v) is 3.36. The lowest BCUT2D eigenvalue weighted by atomic mass is 10.2. The average Bonchev–Trinajstić information content (AvgIpc) is 2.73. The van der Waals surface area contributed by atoms with Crippen LogP contribution in [0.25, 0.3) is 10.9 Å². The second-order valence-corrected chi connectivity index (χ2v) is 6.75. The smallest absolute Gasteiger partial charge is 0.254 e. The van der Waals surface area contributed by atoms with Crippen LogP contribution in [-0.2, 0) is 4.79 Å². The molecule has 0 aliphatic carbocycles. The second-order valence-electron chi connectivity index (χ2n) is 6.75. The van der Waals surface area contributed by atoms with Gasteiger partial charge in [0.1, 0.15) is 11.6 Å². The number of amides is 2. The van der Waals surface area contributed by atoms with Crippen LogP contribution in [-0.4, -0.2) is 52.9 Å². The summed E-state index contributed by atoms with van der Waals surface area (Å²) in [6, 6.07) is 15.4. The van der Waals surface area contributed by atoms with Gasteiger partial charge in [-0.15, -0.1) is 0 Å². The Balaban J connectivity index is 1.43. The number of nitrogens with zero attached hydrogens (tertiary/aromatic N) is 4. The summed E-state index contributed by atoms with van der Waals surface area (Å²) in [6.45, 7) is 4.09. The number of piperazine rings is 1. The van der Waals surface area contributed by atoms with Crippen molar-refractivity contribution in [3.8, 4) is 0 Å². The van der Waals surface area contributed by atoms with Crippen LogP contribution in [0.4, 0.5) is 11.6 Å². The summed E-state index contributed by atoms with van der Waals surface area (Å²) in [5.41, 5.74) is 1.50. The first-order valence-electron chi connectivity index (χ1n) is 9.24. The van der Waals surface area contributed by atoms with Gasteiger partial charge in [0.25, 0.3) is 5.91 Å². The second kappa shape index (κ2) is 7.64. The minimum Gasteiger partial charge on any atom is -0.353 e. The van der Waals surface area contributed by atoms with Crippen molar-refractivity contribution >= 4 is 34.4 Å². The highest BCUT2D eigenvalue weighted by Gasteiger charge is 2.23. The summed E-state index contributed by atoms with van der Waals surface area (Å²) in [4.78, 5) is 36.8. The first-order valence-corrected chi connectivity index (χ1v) is 9.24. The average molecular weight is 375 g/mol. The molecular weight excluding hydrogens is 354 g/mol. The lowest BCUT2D eigenvalue weighted by Crippen LogP contribution is -2.49. The number of benzene rings is 1. The largest absolute Gasteiger partial charge is 0.353 e. The Bertz CT molecular complexity index is 1030. The summed E-state index contributed by atoms with van der Waals surface area (Å²) >= 11 is 0. The topological polar surface area (TPSA) is 78.4 Å². The summed E-state index contributed by atoms with van der Waals surface area (Å²) in [6.07, 6.45) is 1.54. The molecule has 1 saturated heterocycles. The zero-order valence-corrected chi connectivity index (χ0v) is 15.6. The van der Waals surface area contributed by atoms with Crippen LogP contribution in [0, 0.1) is 0 Å². The molecule has 0 atom stereocenters. The van der Waals surface area contributed by atoms with E-state index in [-0.39, 0.29) is 11.8 Å². The lowest BCUT2D eigenvalue weighted by Gasteiger charge is -2.35. The maximum absolute atomic E-state index is 12.8. The first-order chi connectivity index (χ1) is 13.6. The van der Waals surface area contributed by atoms with Crippen LogP contribution in [0.3, 0.4) is 0 Å². The quantitative estimate of drug-likeness (QED) is 0.761. The zero-order valence-electron chi connectivity index (χ0n) is 15.6. The van der Waals surface area contributed by atoms with Crippen LogP contribution in [0.15, 0.2) is 54.7 Å². The van der Waals surface area contributed by atoms with Crippen molar-refractivity contribution in [1.82, 2.24) is 14.9 Å². The van der Waals surface area contributed by atoms with Gasteiger partial charge in [-0.1, -0.05) is 18.2 Å². The summed E-state index contributed by atoms with van der Waals surface area (Å²) in [5.74, 6) is 1.05. The van der Waals surface area contributed by atoms with Crippen molar-refractivity contribution in [2.45, 2.75) is 6.92 Å². The SMILES string of the molecule is CC(=O)Nc1cc(C(=O)N2CCN(c3ccc4ccccc4n3)CC2)ccn1. The van der Waals surface area contributed by atoms with Gasteiger partial charge in [-0.2, -0.15) is 0 Å². The molecule has 4 rings (SSSR count). The molecule has 2 aromatic heterocycles. The molecule has 2 amide bonds. The van der Waals surface area contributed by atoms with Crippen LogP contribution < -0.4 is 10.2 Å². The molecule has 0 bridgehead atoms. The van der Waals surface area contributed by atoms with Gasteiger partial charge in [0.05, 0.1) is 5.52 Å². The molecule has 28 heavy (non-hydrogen) atoms. The minimum absolute atomic E-state index is 0.0554. The van der Waals surface area contributed by atoms with E-state index in [0.717, 1.165) is 29.8 Å². The number of para-hydroxylation sites is 1. The van der Waals surface area contributed by atoms with Crippen LogP contribution in [0.5, 0.6) is 0 Å². The van der Waals surface area contributed by atoms with Gasteiger partial charge in [-0.05, 0) is 30.3 Å². The normalized spacial score (nSPS) is 14.2. The molecule has 142 valence electrons. The van der Waals surface area contributed by atoms with Crippen LogP contribution >= 0.6 is 0 Å². The maximum atomic E-state index is 12.8. The number of aromatic nitrogens is 2. The van der Waals surface area contributed by atoms with Gasteiger partial charge in [-0.25, -0.2) is 9.97 Å². The predicted molar refractivity (Wildman–Crippen MR) is 108 cm³/mol. The number of nitrogens with one attached hydrogen (secondary N) is 1.